The average molecular weight is 198 g/mol. The predicted octanol–water partition coefficient (Wildman–Crippen LogP) is 1.20. The highest BCUT2D eigenvalue weighted by atomic mass is 35.7. The maximum atomic E-state index is 10.8. The second-order valence-corrected chi connectivity index (χ2v) is 5.56. The molecule has 1 saturated heterocycles. The summed E-state index contributed by atoms with van der Waals surface area (Å²) in [4.78, 5) is 0. The molecule has 0 saturated carbocycles. The van der Waals surface area contributed by atoms with Gasteiger partial charge in [-0.2, -0.15) is 12.7 Å². The maximum Gasteiger partial charge on any atom is 0.299 e. The molecule has 0 aliphatic carbocycles. The van der Waals surface area contributed by atoms with Gasteiger partial charge in [0.05, 0.1) is 0 Å². The first-order valence-electron chi connectivity index (χ1n) is 3.70. The van der Waals surface area contributed by atoms with Crippen molar-refractivity contribution >= 4 is 19.9 Å². The lowest BCUT2D eigenvalue weighted by molar-refractivity contribution is 0.285. The minimum Gasteiger partial charge on any atom is -0.195 e. The molecule has 1 atom stereocenters. The monoisotopic (exact) mass is 197 g/mol. The van der Waals surface area contributed by atoms with Crippen molar-refractivity contribution in [3.8, 4) is 0 Å². The van der Waals surface area contributed by atoms with E-state index in [9.17, 15) is 8.42 Å². The van der Waals surface area contributed by atoms with E-state index in [0.29, 0.717) is 19.0 Å². The fourth-order valence-electron chi connectivity index (χ4n) is 1.34. The van der Waals surface area contributed by atoms with Crippen LogP contribution in [0.15, 0.2) is 0 Å². The van der Waals surface area contributed by atoms with Crippen LogP contribution in [0.2, 0.25) is 0 Å². The summed E-state index contributed by atoms with van der Waals surface area (Å²) in [7, 11) is 1.72. The van der Waals surface area contributed by atoms with Gasteiger partial charge in [-0.25, -0.2) is 0 Å². The Labute approximate surface area is 71.9 Å². The number of piperidine rings is 1. The molecule has 0 spiro atoms. The van der Waals surface area contributed by atoms with Crippen molar-refractivity contribution in [2.24, 2.45) is 5.92 Å². The molecule has 1 aliphatic rings. The smallest absolute Gasteiger partial charge is 0.195 e. The van der Waals surface area contributed by atoms with Gasteiger partial charge in [-0.1, -0.05) is 6.92 Å². The Bertz CT molecular complexity index is 227. The van der Waals surface area contributed by atoms with Crippen LogP contribution in [-0.4, -0.2) is 25.8 Å². The summed E-state index contributed by atoms with van der Waals surface area (Å²) in [6.45, 7) is 3.19. The van der Waals surface area contributed by atoms with E-state index >= 15 is 0 Å². The Morgan fingerprint density at radius 3 is 2.55 bits per heavy atom. The number of halogens is 1. The largest absolute Gasteiger partial charge is 0.299 e. The van der Waals surface area contributed by atoms with Gasteiger partial charge in [0.15, 0.2) is 0 Å². The first-order valence-corrected chi connectivity index (χ1v) is 5.96. The zero-order valence-corrected chi connectivity index (χ0v) is 8.03. The van der Waals surface area contributed by atoms with E-state index in [1.54, 1.807) is 0 Å². The summed E-state index contributed by atoms with van der Waals surface area (Å²) in [5.41, 5.74) is 0. The second-order valence-electron chi connectivity index (χ2n) is 3.05. The first kappa shape index (κ1) is 9.29. The molecule has 11 heavy (non-hydrogen) atoms. The highest BCUT2D eigenvalue weighted by Crippen LogP contribution is 2.19. The van der Waals surface area contributed by atoms with Gasteiger partial charge in [0.25, 0.3) is 9.24 Å². The van der Waals surface area contributed by atoms with Gasteiger partial charge in [-0.3, -0.25) is 0 Å². The summed E-state index contributed by atoms with van der Waals surface area (Å²) in [5, 5.41) is 0. The van der Waals surface area contributed by atoms with Gasteiger partial charge in [-0.15, -0.1) is 0 Å². The number of nitrogens with zero attached hydrogens (tertiary/aromatic N) is 1. The normalized spacial score (nSPS) is 28.7. The van der Waals surface area contributed by atoms with Crippen LogP contribution in [-0.2, 0) is 9.24 Å². The molecule has 5 heteroatoms. The fraction of sp³-hybridized carbons (Fsp3) is 1.00. The molecule has 0 amide bonds. The Morgan fingerprint density at radius 2 is 2.18 bits per heavy atom. The summed E-state index contributed by atoms with van der Waals surface area (Å²) in [6.07, 6.45) is 2.02. The summed E-state index contributed by atoms with van der Waals surface area (Å²) in [6, 6.07) is 0. The second kappa shape index (κ2) is 3.29. The van der Waals surface area contributed by atoms with Crippen molar-refractivity contribution in [2.75, 3.05) is 13.1 Å². The van der Waals surface area contributed by atoms with E-state index < -0.39 is 9.24 Å². The minimum atomic E-state index is -3.45. The van der Waals surface area contributed by atoms with E-state index in [1.807, 2.05) is 6.92 Å². The minimum absolute atomic E-state index is 0.442. The average Bonchev–Trinajstić information content (AvgIpc) is 1.86. The Morgan fingerprint density at radius 1 is 1.55 bits per heavy atom. The van der Waals surface area contributed by atoms with Crippen LogP contribution < -0.4 is 0 Å². The lowest BCUT2D eigenvalue weighted by atomic mass is 10.0. The molecular weight excluding hydrogens is 186 g/mol. The molecule has 3 nitrogen and oxygen atoms in total. The van der Waals surface area contributed by atoms with E-state index in [2.05, 4.69) is 0 Å². The van der Waals surface area contributed by atoms with Crippen molar-refractivity contribution in [1.82, 2.24) is 4.31 Å². The van der Waals surface area contributed by atoms with Crippen LogP contribution in [0, 0.1) is 5.92 Å². The van der Waals surface area contributed by atoms with Crippen LogP contribution in [0.1, 0.15) is 19.8 Å². The summed E-state index contributed by atoms with van der Waals surface area (Å²) in [5.74, 6) is 0.442. The van der Waals surface area contributed by atoms with Crippen molar-refractivity contribution in [3.05, 3.63) is 0 Å². The molecule has 1 unspecified atom stereocenters. The van der Waals surface area contributed by atoms with E-state index in [-0.39, 0.29) is 0 Å². The molecule has 0 N–H and O–H groups in total. The third kappa shape index (κ3) is 2.61. The third-order valence-corrected chi connectivity index (χ3v) is 3.46. The standard InChI is InChI=1S/C6H12ClNO2S/c1-6-3-2-4-8(5-6)11(7,9)10/h6H,2-5H2,1H3. The molecule has 0 aromatic rings. The van der Waals surface area contributed by atoms with E-state index in [4.69, 9.17) is 10.7 Å². The van der Waals surface area contributed by atoms with Gasteiger partial charge >= 0.3 is 0 Å². The Hall–Kier alpha value is 0.200. The van der Waals surface area contributed by atoms with Crippen LogP contribution in [0.25, 0.3) is 0 Å². The van der Waals surface area contributed by atoms with Crippen molar-refractivity contribution in [1.29, 1.82) is 0 Å². The van der Waals surface area contributed by atoms with Gasteiger partial charge in [0, 0.05) is 23.8 Å². The van der Waals surface area contributed by atoms with Crippen LogP contribution in [0.4, 0.5) is 0 Å². The molecule has 1 heterocycles. The van der Waals surface area contributed by atoms with E-state index in [1.165, 1.54) is 4.31 Å². The molecule has 1 rings (SSSR count). The van der Waals surface area contributed by atoms with Gasteiger partial charge in [0.2, 0.25) is 0 Å². The zero-order valence-electron chi connectivity index (χ0n) is 6.46. The number of hydrogen-bond acceptors (Lipinski definition) is 2. The Kier molecular flexibility index (Phi) is 2.78. The number of rotatable bonds is 1. The predicted molar refractivity (Wildman–Crippen MR) is 44.7 cm³/mol. The fourth-order valence-corrected chi connectivity index (χ4v) is 2.50. The summed E-state index contributed by atoms with van der Waals surface area (Å²) >= 11 is 0. The molecule has 1 fully saturated rings. The Balaban J connectivity index is 2.60. The highest BCUT2D eigenvalue weighted by molar-refractivity contribution is 8.11. The van der Waals surface area contributed by atoms with Crippen LogP contribution in [0.5, 0.6) is 0 Å². The molecule has 0 bridgehead atoms. The molecule has 0 aromatic carbocycles. The van der Waals surface area contributed by atoms with Crippen LogP contribution in [0.3, 0.4) is 0 Å². The summed E-state index contributed by atoms with van der Waals surface area (Å²) < 4.78 is 23.0. The topological polar surface area (TPSA) is 37.4 Å². The van der Waals surface area contributed by atoms with Crippen molar-refractivity contribution in [3.63, 3.8) is 0 Å². The molecule has 0 radical (unpaired) electrons. The lowest BCUT2D eigenvalue weighted by Gasteiger charge is -2.27. The zero-order chi connectivity index (χ0) is 8.48. The van der Waals surface area contributed by atoms with Crippen molar-refractivity contribution < 1.29 is 8.42 Å². The van der Waals surface area contributed by atoms with Gasteiger partial charge < -0.3 is 0 Å². The lowest BCUT2D eigenvalue weighted by Crippen LogP contribution is -2.36. The molecule has 1 aliphatic heterocycles. The molecule has 0 aromatic heterocycles. The van der Waals surface area contributed by atoms with Gasteiger partial charge in [0.1, 0.15) is 0 Å². The molecular formula is C6H12ClNO2S. The van der Waals surface area contributed by atoms with E-state index in [0.717, 1.165) is 12.8 Å². The third-order valence-electron chi connectivity index (χ3n) is 1.93. The van der Waals surface area contributed by atoms with Crippen LogP contribution >= 0.6 is 10.7 Å². The SMILES string of the molecule is CC1CCCN(S(=O)(=O)Cl)C1. The highest BCUT2D eigenvalue weighted by Gasteiger charge is 2.24. The quantitative estimate of drug-likeness (QED) is 0.593. The maximum absolute atomic E-state index is 10.8. The first-order chi connectivity index (χ1) is 5.00. The number of hydrogen-bond donors (Lipinski definition) is 0. The molecule has 66 valence electrons. The van der Waals surface area contributed by atoms with Gasteiger partial charge in [-0.05, 0) is 18.8 Å². The van der Waals surface area contributed by atoms with Crippen molar-refractivity contribution in [2.45, 2.75) is 19.8 Å².